The number of para-hydroxylation sites is 1. The van der Waals surface area contributed by atoms with Crippen LogP contribution in [-0.4, -0.2) is 25.5 Å². The van der Waals surface area contributed by atoms with Crippen molar-refractivity contribution in [1.82, 2.24) is 0 Å². The van der Waals surface area contributed by atoms with Crippen LogP contribution in [0.5, 0.6) is 5.75 Å². The minimum absolute atomic E-state index is 0.0514. The number of anilines is 3. The second kappa shape index (κ2) is 9.36. The van der Waals surface area contributed by atoms with Crippen molar-refractivity contribution in [2.24, 2.45) is 0 Å². The van der Waals surface area contributed by atoms with Gasteiger partial charge in [0.15, 0.2) is 0 Å². The summed E-state index contributed by atoms with van der Waals surface area (Å²) in [5, 5.41) is 8.43. The molecule has 7 heteroatoms. The number of ether oxygens (including phenoxy) is 1. The van der Waals surface area contributed by atoms with Crippen LogP contribution >= 0.6 is 0 Å². The molecule has 0 bridgehead atoms. The number of halogens is 1. The van der Waals surface area contributed by atoms with E-state index in [0.29, 0.717) is 28.4 Å². The Morgan fingerprint density at radius 2 is 1.48 bits per heavy atom. The highest BCUT2D eigenvalue weighted by molar-refractivity contribution is 6.08. The van der Waals surface area contributed by atoms with E-state index < -0.39 is 0 Å². The molecular formula is C22H20FN3O3. The van der Waals surface area contributed by atoms with Crippen molar-refractivity contribution in [2.45, 2.75) is 0 Å². The van der Waals surface area contributed by atoms with Crippen molar-refractivity contribution in [1.29, 1.82) is 0 Å². The standard InChI is InChI=1S/C22H20FN3O3/c1-29-18-12-10-17(11-13-18)26-22(28)19-4-2-3-5-20(19)24-14-21(27)25-16-8-6-15(23)7-9-16/h2-13,24H,14H2,1H3,(H,25,27)(H,26,28). The van der Waals surface area contributed by atoms with E-state index in [9.17, 15) is 14.0 Å². The van der Waals surface area contributed by atoms with Crippen LogP contribution in [0.25, 0.3) is 0 Å². The van der Waals surface area contributed by atoms with E-state index in [1.54, 1.807) is 55.6 Å². The van der Waals surface area contributed by atoms with E-state index in [4.69, 9.17) is 4.74 Å². The molecule has 0 radical (unpaired) electrons. The zero-order valence-electron chi connectivity index (χ0n) is 15.7. The van der Waals surface area contributed by atoms with Crippen molar-refractivity contribution in [2.75, 3.05) is 29.6 Å². The van der Waals surface area contributed by atoms with Gasteiger partial charge < -0.3 is 20.7 Å². The predicted octanol–water partition coefficient (Wildman–Crippen LogP) is 4.14. The molecule has 0 spiro atoms. The molecule has 0 atom stereocenters. The summed E-state index contributed by atoms with van der Waals surface area (Å²) in [5.41, 5.74) is 2.04. The lowest BCUT2D eigenvalue weighted by atomic mass is 10.1. The molecule has 3 N–H and O–H groups in total. The Morgan fingerprint density at radius 1 is 0.862 bits per heavy atom. The molecule has 0 aliphatic heterocycles. The van der Waals surface area contributed by atoms with Crippen LogP contribution in [-0.2, 0) is 4.79 Å². The van der Waals surface area contributed by atoms with Gasteiger partial charge in [0.05, 0.1) is 19.2 Å². The summed E-state index contributed by atoms with van der Waals surface area (Å²) < 4.78 is 18.0. The summed E-state index contributed by atoms with van der Waals surface area (Å²) in [5.74, 6) is -0.311. The van der Waals surface area contributed by atoms with Crippen LogP contribution in [0, 0.1) is 5.82 Å². The lowest BCUT2D eigenvalue weighted by molar-refractivity contribution is -0.114. The van der Waals surface area contributed by atoms with Gasteiger partial charge in [-0.2, -0.15) is 0 Å². The minimum Gasteiger partial charge on any atom is -0.497 e. The summed E-state index contributed by atoms with van der Waals surface area (Å²) >= 11 is 0. The van der Waals surface area contributed by atoms with E-state index in [-0.39, 0.29) is 24.2 Å². The van der Waals surface area contributed by atoms with Gasteiger partial charge in [-0.05, 0) is 60.7 Å². The highest BCUT2D eigenvalue weighted by Gasteiger charge is 2.12. The van der Waals surface area contributed by atoms with E-state index in [1.807, 2.05) is 0 Å². The molecule has 6 nitrogen and oxygen atoms in total. The molecule has 3 aromatic carbocycles. The number of hydrogen-bond acceptors (Lipinski definition) is 4. The van der Waals surface area contributed by atoms with Crippen molar-refractivity contribution in [3.8, 4) is 5.75 Å². The van der Waals surface area contributed by atoms with Crippen LogP contribution < -0.4 is 20.7 Å². The third kappa shape index (κ3) is 5.55. The summed E-state index contributed by atoms with van der Waals surface area (Å²) in [6, 6.07) is 19.4. The van der Waals surface area contributed by atoms with Gasteiger partial charge in [0.2, 0.25) is 5.91 Å². The van der Waals surface area contributed by atoms with Gasteiger partial charge in [0, 0.05) is 17.1 Å². The van der Waals surface area contributed by atoms with Crippen LogP contribution in [0.15, 0.2) is 72.8 Å². The Hall–Kier alpha value is -3.87. The smallest absolute Gasteiger partial charge is 0.257 e. The first-order valence-corrected chi connectivity index (χ1v) is 8.89. The molecule has 0 heterocycles. The van der Waals surface area contributed by atoms with Gasteiger partial charge in [-0.25, -0.2) is 4.39 Å². The second-order valence-electron chi connectivity index (χ2n) is 6.14. The zero-order chi connectivity index (χ0) is 20.6. The average Bonchev–Trinajstić information content (AvgIpc) is 2.74. The SMILES string of the molecule is COc1ccc(NC(=O)c2ccccc2NCC(=O)Nc2ccc(F)cc2)cc1. The lowest BCUT2D eigenvalue weighted by Gasteiger charge is -2.13. The average molecular weight is 393 g/mol. The molecule has 0 aliphatic rings. The number of nitrogens with one attached hydrogen (secondary N) is 3. The van der Waals surface area contributed by atoms with Gasteiger partial charge in [-0.1, -0.05) is 12.1 Å². The maximum Gasteiger partial charge on any atom is 0.257 e. The van der Waals surface area contributed by atoms with Crippen molar-refractivity contribution >= 4 is 28.9 Å². The molecule has 0 aromatic heterocycles. The second-order valence-corrected chi connectivity index (χ2v) is 6.14. The highest BCUT2D eigenvalue weighted by atomic mass is 19.1. The third-order valence-electron chi connectivity index (χ3n) is 4.09. The Balaban J connectivity index is 1.62. The number of amides is 2. The number of carbonyl (C=O) groups is 2. The van der Waals surface area contributed by atoms with E-state index in [0.717, 1.165) is 0 Å². The monoisotopic (exact) mass is 393 g/mol. The van der Waals surface area contributed by atoms with Gasteiger partial charge in [-0.15, -0.1) is 0 Å². The molecule has 0 fully saturated rings. The Labute approximate surface area is 167 Å². The molecular weight excluding hydrogens is 373 g/mol. The van der Waals surface area contributed by atoms with Crippen LogP contribution in [0.2, 0.25) is 0 Å². The first kappa shape index (κ1) is 19.9. The summed E-state index contributed by atoms with van der Waals surface area (Å²) in [4.78, 5) is 24.8. The fourth-order valence-electron chi connectivity index (χ4n) is 2.62. The first-order chi connectivity index (χ1) is 14.0. The maximum atomic E-state index is 12.9. The fourth-order valence-corrected chi connectivity index (χ4v) is 2.62. The normalized spacial score (nSPS) is 10.1. The van der Waals surface area contributed by atoms with E-state index in [1.165, 1.54) is 24.3 Å². The molecule has 0 aliphatic carbocycles. The zero-order valence-corrected chi connectivity index (χ0v) is 15.7. The molecule has 0 saturated heterocycles. The van der Waals surface area contributed by atoms with Gasteiger partial charge in [0.1, 0.15) is 11.6 Å². The predicted molar refractivity (Wildman–Crippen MR) is 111 cm³/mol. The first-order valence-electron chi connectivity index (χ1n) is 8.89. The summed E-state index contributed by atoms with van der Waals surface area (Å²) in [6.07, 6.45) is 0. The molecule has 0 unspecified atom stereocenters. The van der Waals surface area contributed by atoms with E-state index in [2.05, 4.69) is 16.0 Å². The molecule has 148 valence electrons. The van der Waals surface area contributed by atoms with Gasteiger partial charge in [-0.3, -0.25) is 9.59 Å². The largest absolute Gasteiger partial charge is 0.497 e. The third-order valence-corrected chi connectivity index (χ3v) is 4.09. The number of rotatable bonds is 7. The molecule has 29 heavy (non-hydrogen) atoms. The van der Waals surface area contributed by atoms with Crippen LogP contribution in [0.4, 0.5) is 21.5 Å². The molecule has 2 amide bonds. The van der Waals surface area contributed by atoms with Crippen molar-refractivity contribution in [3.63, 3.8) is 0 Å². The molecule has 3 rings (SSSR count). The van der Waals surface area contributed by atoms with Crippen LogP contribution in [0.1, 0.15) is 10.4 Å². The Bertz CT molecular complexity index is 989. The quantitative estimate of drug-likeness (QED) is 0.564. The maximum absolute atomic E-state index is 12.9. The van der Waals surface area contributed by atoms with Gasteiger partial charge >= 0.3 is 0 Å². The molecule has 0 saturated carbocycles. The fraction of sp³-hybridized carbons (Fsp3) is 0.0909. The Kier molecular flexibility index (Phi) is 6.42. The number of carbonyl (C=O) groups excluding carboxylic acids is 2. The van der Waals surface area contributed by atoms with Gasteiger partial charge in [0.25, 0.3) is 5.91 Å². The van der Waals surface area contributed by atoms with Crippen LogP contribution in [0.3, 0.4) is 0 Å². The highest BCUT2D eigenvalue weighted by Crippen LogP contribution is 2.19. The summed E-state index contributed by atoms with van der Waals surface area (Å²) in [6.45, 7) is -0.0514. The number of hydrogen-bond donors (Lipinski definition) is 3. The van der Waals surface area contributed by atoms with E-state index >= 15 is 0 Å². The van der Waals surface area contributed by atoms with Crippen molar-refractivity contribution < 1.29 is 18.7 Å². The number of benzene rings is 3. The lowest BCUT2D eigenvalue weighted by Crippen LogP contribution is -2.23. The number of methoxy groups -OCH3 is 1. The minimum atomic E-state index is -0.377. The topological polar surface area (TPSA) is 79.5 Å². The molecule has 3 aromatic rings. The summed E-state index contributed by atoms with van der Waals surface area (Å²) in [7, 11) is 1.57. The van der Waals surface area contributed by atoms with Crippen molar-refractivity contribution in [3.05, 3.63) is 84.2 Å². The Morgan fingerprint density at radius 3 is 2.17 bits per heavy atom.